The van der Waals surface area contributed by atoms with Crippen LogP contribution in [0.2, 0.25) is 0 Å². The van der Waals surface area contributed by atoms with E-state index in [-0.39, 0.29) is 5.75 Å². The van der Waals surface area contributed by atoms with Crippen LogP contribution >= 0.6 is 0 Å². The first-order valence-corrected chi connectivity index (χ1v) is 10.9. The second-order valence-electron chi connectivity index (χ2n) is 8.23. The van der Waals surface area contributed by atoms with E-state index >= 15 is 0 Å². The molecule has 3 N–H and O–H groups in total. The number of hydrogen-bond acceptors (Lipinski definition) is 4. The predicted octanol–water partition coefficient (Wildman–Crippen LogP) is 4.62. The number of allylic oxidation sites excluding steroid dienone is 4. The zero-order valence-electron chi connectivity index (χ0n) is 18.7. The minimum absolute atomic E-state index is 0.115. The molecule has 0 saturated carbocycles. The van der Waals surface area contributed by atoms with Crippen molar-refractivity contribution >= 4 is 11.0 Å². The summed E-state index contributed by atoms with van der Waals surface area (Å²) in [6, 6.07) is 12.3. The van der Waals surface area contributed by atoms with Crippen LogP contribution in [0.15, 0.2) is 60.2 Å². The molecule has 0 amide bonds. The van der Waals surface area contributed by atoms with Crippen LogP contribution < -0.4 is 5.32 Å². The molecule has 0 aliphatic carbocycles. The summed E-state index contributed by atoms with van der Waals surface area (Å²) in [6.45, 7) is 3.73. The molecule has 0 atom stereocenters. The van der Waals surface area contributed by atoms with Gasteiger partial charge in [-0.15, -0.1) is 6.42 Å². The Bertz CT molecular complexity index is 1400. The van der Waals surface area contributed by atoms with Gasteiger partial charge in [0.2, 0.25) is 0 Å². The van der Waals surface area contributed by atoms with Crippen molar-refractivity contribution in [3.63, 3.8) is 0 Å². The van der Waals surface area contributed by atoms with Crippen LogP contribution in [-0.2, 0) is 26.6 Å². The Hall–Kier alpha value is -4.08. The van der Waals surface area contributed by atoms with Crippen molar-refractivity contribution < 1.29 is 5.11 Å². The zero-order valence-corrected chi connectivity index (χ0v) is 18.7. The number of fused-ring (bicyclic) bond motifs is 2. The van der Waals surface area contributed by atoms with E-state index in [4.69, 9.17) is 11.4 Å². The normalized spacial score (nSPS) is 13.7. The van der Waals surface area contributed by atoms with E-state index in [9.17, 15) is 5.11 Å². The Morgan fingerprint density at radius 1 is 1.21 bits per heavy atom. The number of imidazole rings is 1. The molecule has 0 radical (unpaired) electrons. The van der Waals surface area contributed by atoms with Gasteiger partial charge in [0, 0.05) is 25.7 Å². The fraction of sp³-hybridized carbons (Fsp3) is 0.185. The predicted molar refractivity (Wildman–Crippen MR) is 131 cm³/mol. The molecule has 6 nitrogen and oxygen atoms in total. The summed E-state index contributed by atoms with van der Waals surface area (Å²) in [5.41, 5.74) is 8.65. The minimum atomic E-state index is 0.115. The van der Waals surface area contributed by atoms with Gasteiger partial charge in [-0.3, -0.25) is 4.68 Å². The summed E-state index contributed by atoms with van der Waals surface area (Å²) in [5.74, 6) is 3.25. The highest BCUT2D eigenvalue weighted by molar-refractivity contribution is 5.83. The van der Waals surface area contributed by atoms with Gasteiger partial charge in [0.05, 0.1) is 11.0 Å². The number of benzene rings is 2. The second-order valence-corrected chi connectivity index (χ2v) is 8.23. The molecular formula is C27H25N5O. The van der Waals surface area contributed by atoms with E-state index in [0.29, 0.717) is 17.2 Å². The largest absolute Gasteiger partial charge is 0.504 e. The lowest BCUT2D eigenvalue weighted by molar-refractivity contribution is 0.478. The molecule has 33 heavy (non-hydrogen) atoms. The lowest BCUT2D eigenvalue weighted by Crippen LogP contribution is -1.99. The van der Waals surface area contributed by atoms with Crippen molar-refractivity contribution in [2.45, 2.75) is 26.4 Å². The lowest BCUT2D eigenvalue weighted by Gasteiger charge is -2.04. The Kier molecular flexibility index (Phi) is 5.33. The first kappa shape index (κ1) is 20.8. The molecule has 0 spiro atoms. The molecule has 6 heteroatoms. The standard InChI is InChI=1S/C27H25N5O/c1-4-6-7-17(5-2)12-18-8-10-19(11-9-18)24-26(33)25(32(3)31-24)27-29-22-13-20-15-28-16-21(20)14-23(22)30-27/h1,5-11,13-14,28,33H,12,15-16H2,2-3H3,(H,29,30)/b7-6-,17-5+. The highest BCUT2D eigenvalue weighted by Crippen LogP contribution is 2.37. The number of nitrogens with zero attached hydrogens (tertiary/aromatic N) is 3. The lowest BCUT2D eigenvalue weighted by atomic mass is 10.0. The molecule has 1 aliphatic rings. The smallest absolute Gasteiger partial charge is 0.173 e. The Balaban J connectivity index is 1.45. The number of H-pyrrole nitrogens is 1. The molecular weight excluding hydrogens is 410 g/mol. The maximum Gasteiger partial charge on any atom is 0.173 e. The Morgan fingerprint density at radius 2 is 1.97 bits per heavy atom. The Morgan fingerprint density at radius 3 is 2.70 bits per heavy atom. The SMILES string of the molecule is C#C/C=C\C(=C/C)Cc1ccc(-c2nn(C)c(-c3nc4cc5c(cc4[nH]3)CNC5)c2O)cc1. The van der Waals surface area contributed by atoms with Crippen LogP contribution in [0.5, 0.6) is 5.75 Å². The van der Waals surface area contributed by atoms with Gasteiger partial charge in [-0.25, -0.2) is 4.98 Å². The van der Waals surface area contributed by atoms with Crippen LogP contribution in [0.25, 0.3) is 33.8 Å². The van der Waals surface area contributed by atoms with Gasteiger partial charge >= 0.3 is 0 Å². The van der Waals surface area contributed by atoms with Gasteiger partial charge in [-0.05, 0) is 53.8 Å². The van der Waals surface area contributed by atoms with Gasteiger partial charge in [-0.1, -0.05) is 42.3 Å². The number of rotatable bonds is 5. The second kappa shape index (κ2) is 8.45. The highest BCUT2D eigenvalue weighted by Gasteiger charge is 2.22. The molecule has 0 bridgehead atoms. The highest BCUT2D eigenvalue weighted by atomic mass is 16.3. The summed E-state index contributed by atoms with van der Waals surface area (Å²) >= 11 is 0. The fourth-order valence-corrected chi connectivity index (χ4v) is 4.32. The summed E-state index contributed by atoms with van der Waals surface area (Å²) in [5, 5.41) is 19.0. The summed E-state index contributed by atoms with van der Waals surface area (Å²) in [7, 11) is 1.82. The quantitative estimate of drug-likeness (QED) is 0.316. The molecule has 3 heterocycles. The van der Waals surface area contributed by atoms with Gasteiger partial charge in [0.25, 0.3) is 0 Å². The number of aromatic hydroxyl groups is 1. The third-order valence-corrected chi connectivity index (χ3v) is 6.08. The van der Waals surface area contributed by atoms with E-state index in [1.54, 1.807) is 10.8 Å². The van der Waals surface area contributed by atoms with E-state index in [2.05, 4.69) is 39.5 Å². The van der Waals surface area contributed by atoms with Crippen LogP contribution in [0.3, 0.4) is 0 Å². The third kappa shape index (κ3) is 3.84. The third-order valence-electron chi connectivity index (χ3n) is 6.08. The van der Waals surface area contributed by atoms with E-state index < -0.39 is 0 Å². The van der Waals surface area contributed by atoms with Crippen molar-refractivity contribution in [1.29, 1.82) is 0 Å². The van der Waals surface area contributed by atoms with Gasteiger partial charge in [0.1, 0.15) is 11.4 Å². The molecule has 0 fully saturated rings. The summed E-state index contributed by atoms with van der Waals surface area (Å²) in [6.07, 6.45) is 11.8. The number of aryl methyl sites for hydroxylation is 1. The maximum atomic E-state index is 11.1. The van der Waals surface area contributed by atoms with Gasteiger partial charge < -0.3 is 15.4 Å². The first-order chi connectivity index (χ1) is 16.1. The molecule has 5 rings (SSSR count). The van der Waals surface area contributed by atoms with Crippen molar-refractivity contribution in [3.05, 3.63) is 76.9 Å². The van der Waals surface area contributed by atoms with E-state index in [1.807, 2.05) is 44.3 Å². The Labute approximate surface area is 192 Å². The van der Waals surface area contributed by atoms with Crippen LogP contribution in [0.4, 0.5) is 0 Å². The monoisotopic (exact) mass is 435 g/mol. The van der Waals surface area contributed by atoms with Gasteiger partial charge in [-0.2, -0.15) is 5.10 Å². The van der Waals surface area contributed by atoms with Crippen molar-refractivity contribution in [2.75, 3.05) is 0 Å². The average molecular weight is 436 g/mol. The number of terminal acetylenes is 1. The van der Waals surface area contributed by atoms with Crippen LogP contribution in [0, 0.1) is 12.3 Å². The first-order valence-electron chi connectivity index (χ1n) is 10.9. The number of aromatic amines is 1. The molecule has 1 aliphatic heterocycles. The number of aromatic nitrogens is 4. The average Bonchev–Trinajstić information content (AvgIpc) is 3.51. The van der Waals surface area contributed by atoms with Crippen LogP contribution in [-0.4, -0.2) is 24.9 Å². The van der Waals surface area contributed by atoms with Gasteiger partial charge in [0.15, 0.2) is 11.6 Å². The zero-order chi connectivity index (χ0) is 22.9. The molecule has 0 saturated heterocycles. The number of nitrogens with one attached hydrogen (secondary N) is 2. The number of hydrogen-bond donors (Lipinski definition) is 3. The topological polar surface area (TPSA) is 78.8 Å². The molecule has 164 valence electrons. The molecule has 4 aromatic rings. The molecule has 2 aromatic heterocycles. The summed E-state index contributed by atoms with van der Waals surface area (Å²) in [4.78, 5) is 8.09. The fourth-order valence-electron chi connectivity index (χ4n) is 4.32. The van der Waals surface area contributed by atoms with Crippen molar-refractivity contribution in [3.8, 4) is 40.9 Å². The van der Waals surface area contributed by atoms with Crippen molar-refractivity contribution in [2.24, 2.45) is 7.05 Å². The maximum absolute atomic E-state index is 11.1. The summed E-state index contributed by atoms with van der Waals surface area (Å²) < 4.78 is 1.67. The van der Waals surface area contributed by atoms with Crippen molar-refractivity contribution in [1.82, 2.24) is 25.1 Å². The van der Waals surface area contributed by atoms with E-state index in [0.717, 1.165) is 47.2 Å². The van der Waals surface area contributed by atoms with Crippen LogP contribution in [0.1, 0.15) is 23.6 Å². The minimum Gasteiger partial charge on any atom is -0.504 e. The van der Waals surface area contributed by atoms with E-state index in [1.165, 1.54) is 11.1 Å². The molecule has 2 aromatic carbocycles. The molecule has 0 unspecified atom stereocenters.